The first-order valence-electron chi connectivity index (χ1n) is 4.39. The lowest BCUT2D eigenvalue weighted by molar-refractivity contribution is 0.371. The van der Waals surface area contributed by atoms with Crippen molar-refractivity contribution in [2.24, 2.45) is 11.7 Å². The third kappa shape index (κ3) is 1.34. The van der Waals surface area contributed by atoms with Crippen LogP contribution in [0.1, 0.15) is 37.5 Å². The van der Waals surface area contributed by atoms with Gasteiger partial charge in [-0.05, 0) is 18.8 Å². The highest BCUT2D eigenvalue weighted by Crippen LogP contribution is 2.38. The van der Waals surface area contributed by atoms with Crippen LogP contribution in [0.2, 0.25) is 0 Å². The molecule has 1 saturated carbocycles. The van der Waals surface area contributed by atoms with Crippen molar-refractivity contribution in [2.75, 3.05) is 0 Å². The highest BCUT2D eigenvalue weighted by Gasteiger charge is 2.32. The van der Waals surface area contributed by atoms with Gasteiger partial charge in [-0.2, -0.15) is 4.98 Å². The average Bonchev–Trinajstić information content (AvgIpc) is 2.82. The van der Waals surface area contributed by atoms with Crippen LogP contribution in [0.5, 0.6) is 0 Å². The monoisotopic (exact) mass is 167 g/mol. The number of aromatic nitrogens is 2. The fourth-order valence-corrected chi connectivity index (χ4v) is 1.21. The number of rotatable bonds is 3. The summed E-state index contributed by atoms with van der Waals surface area (Å²) in [6, 6.07) is -0.00551. The van der Waals surface area contributed by atoms with E-state index in [2.05, 4.69) is 10.1 Å². The van der Waals surface area contributed by atoms with Crippen molar-refractivity contribution in [1.29, 1.82) is 0 Å². The van der Waals surface area contributed by atoms with Crippen molar-refractivity contribution in [1.82, 2.24) is 10.1 Å². The van der Waals surface area contributed by atoms with Crippen LogP contribution in [0.15, 0.2) is 4.52 Å². The molecule has 0 radical (unpaired) electrons. The molecule has 2 N–H and O–H groups in total. The lowest BCUT2D eigenvalue weighted by Gasteiger charge is -2.01. The van der Waals surface area contributed by atoms with Crippen LogP contribution in [-0.4, -0.2) is 10.1 Å². The van der Waals surface area contributed by atoms with E-state index in [0.717, 1.165) is 6.42 Å². The van der Waals surface area contributed by atoms with Gasteiger partial charge in [0.1, 0.15) is 0 Å². The second kappa shape index (κ2) is 2.86. The summed E-state index contributed by atoms with van der Waals surface area (Å²) in [6.45, 7) is 1.99. The SMILES string of the molecule is CCc1nc(C(N)C2CC2)no1. The van der Waals surface area contributed by atoms with E-state index in [1.54, 1.807) is 0 Å². The molecule has 1 aliphatic rings. The standard InChI is InChI=1S/C8H13N3O/c1-2-6-10-8(11-12-6)7(9)5-3-4-5/h5,7H,2-4,9H2,1H3. The second-order valence-corrected chi connectivity index (χ2v) is 3.26. The largest absolute Gasteiger partial charge is 0.339 e. The van der Waals surface area contributed by atoms with Crippen LogP contribution in [0.4, 0.5) is 0 Å². The molecule has 1 atom stereocenters. The highest BCUT2D eigenvalue weighted by molar-refractivity contribution is 4.99. The number of nitrogens with zero attached hydrogens (tertiary/aromatic N) is 2. The Labute approximate surface area is 71.1 Å². The second-order valence-electron chi connectivity index (χ2n) is 3.26. The normalized spacial score (nSPS) is 19.5. The van der Waals surface area contributed by atoms with E-state index in [-0.39, 0.29) is 6.04 Å². The van der Waals surface area contributed by atoms with E-state index in [1.165, 1.54) is 12.8 Å². The predicted molar refractivity (Wildman–Crippen MR) is 43.3 cm³/mol. The topological polar surface area (TPSA) is 64.9 Å². The van der Waals surface area contributed by atoms with Crippen LogP contribution in [0.25, 0.3) is 0 Å². The van der Waals surface area contributed by atoms with Crippen molar-refractivity contribution < 1.29 is 4.52 Å². The van der Waals surface area contributed by atoms with Crippen LogP contribution < -0.4 is 5.73 Å². The van der Waals surface area contributed by atoms with Crippen molar-refractivity contribution in [3.63, 3.8) is 0 Å². The quantitative estimate of drug-likeness (QED) is 0.730. The van der Waals surface area contributed by atoms with Gasteiger partial charge in [0.2, 0.25) is 5.89 Å². The number of hydrogen-bond acceptors (Lipinski definition) is 4. The van der Waals surface area contributed by atoms with Crippen LogP contribution in [0, 0.1) is 5.92 Å². The van der Waals surface area contributed by atoms with Gasteiger partial charge in [0, 0.05) is 6.42 Å². The molecule has 1 fully saturated rings. The smallest absolute Gasteiger partial charge is 0.226 e. The third-order valence-electron chi connectivity index (χ3n) is 2.21. The Hall–Kier alpha value is -0.900. The molecule has 66 valence electrons. The van der Waals surface area contributed by atoms with Crippen LogP contribution in [-0.2, 0) is 6.42 Å². The molecule has 4 heteroatoms. The fourth-order valence-electron chi connectivity index (χ4n) is 1.21. The molecule has 1 heterocycles. The van der Waals surface area contributed by atoms with E-state index >= 15 is 0 Å². The average molecular weight is 167 g/mol. The van der Waals surface area contributed by atoms with Gasteiger partial charge in [0.25, 0.3) is 0 Å². The summed E-state index contributed by atoms with van der Waals surface area (Å²) in [6.07, 6.45) is 3.19. The summed E-state index contributed by atoms with van der Waals surface area (Å²) in [7, 11) is 0. The number of nitrogens with two attached hydrogens (primary N) is 1. The minimum atomic E-state index is -0.00551. The Morgan fingerprint density at radius 2 is 2.42 bits per heavy atom. The maximum absolute atomic E-state index is 5.88. The fraction of sp³-hybridized carbons (Fsp3) is 0.750. The van der Waals surface area contributed by atoms with E-state index in [4.69, 9.17) is 10.3 Å². The molecule has 2 rings (SSSR count). The van der Waals surface area contributed by atoms with E-state index in [0.29, 0.717) is 17.6 Å². The van der Waals surface area contributed by atoms with Gasteiger partial charge in [-0.25, -0.2) is 0 Å². The summed E-state index contributed by atoms with van der Waals surface area (Å²) in [5.74, 6) is 1.95. The molecule has 0 saturated heterocycles. The van der Waals surface area contributed by atoms with Gasteiger partial charge < -0.3 is 10.3 Å². The molecule has 1 unspecified atom stereocenters. The molecule has 0 aromatic carbocycles. The zero-order valence-corrected chi connectivity index (χ0v) is 7.16. The van der Waals surface area contributed by atoms with E-state index in [1.807, 2.05) is 6.92 Å². The Morgan fingerprint density at radius 1 is 1.67 bits per heavy atom. The van der Waals surface area contributed by atoms with Gasteiger partial charge in [-0.1, -0.05) is 12.1 Å². The summed E-state index contributed by atoms with van der Waals surface area (Å²) in [4.78, 5) is 4.19. The molecule has 1 aromatic rings. The number of aryl methyl sites for hydroxylation is 1. The summed E-state index contributed by atoms with van der Waals surface area (Å²) in [5, 5.41) is 3.84. The van der Waals surface area contributed by atoms with E-state index < -0.39 is 0 Å². The Balaban J connectivity index is 2.10. The molecular formula is C8H13N3O. The Morgan fingerprint density at radius 3 is 2.92 bits per heavy atom. The van der Waals surface area contributed by atoms with Crippen molar-refractivity contribution in [3.05, 3.63) is 11.7 Å². The summed E-state index contributed by atoms with van der Waals surface area (Å²) in [5.41, 5.74) is 5.88. The summed E-state index contributed by atoms with van der Waals surface area (Å²) < 4.78 is 4.97. The minimum Gasteiger partial charge on any atom is -0.339 e. The first kappa shape index (κ1) is 7.73. The predicted octanol–water partition coefficient (Wildman–Crippen LogP) is 1.04. The Bertz CT molecular complexity index is 267. The maximum atomic E-state index is 5.88. The van der Waals surface area contributed by atoms with Crippen molar-refractivity contribution >= 4 is 0 Å². The molecule has 1 aliphatic carbocycles. The van der Waals surface area contributed by atoms with Gasteiger partial charge >= 0.3 is 0 Å². The molecule has 0 bridgehead atoms. The molecule has 0 aliphatic heterocycles. The highest BCUT2D eigenvalue weighted by atomic mass is 16.5. The first-order valence-corrected chi connectivity index (χ1v) is 4.39. The zero-order valence-electron chi connectivity index (χ0n) is 7.16. The van der Waals surface area contributed by atoms with Gasteiger partial charge in [-0.3, -0.25) is 0 Å². The van der Waals surface area contributed by atoms with Crippen molar-refractivity contribution in [3.8, 4) is 0 Å². The molecular weight excluding hydrogens is 154 g/mol. The summed E-state index contributed by atoms with van der Waals surface area (Å²) >= 11 is 0. The van der Waals surface area contributed by atoms with Gasteiger partial charge in [0.15, 0.2) is 5.82 Å². The first-order chi connectivity index (χ1) is 5.81. The molecule has 1 aromatic heterocycles. The molecule has 0 spiro atoms. The molecule has 0 amide bonds. The van der Waals surface area contributed by atoms with Crippen LogP contribution >= 0.6 is 0 Å². The molecule has 4 nitrogen and oxygen atoms in total. The lowest BCUT2D eigenvalue weighted by atomic mass is 10.2. The number of hydrogen-bond donors (Lipinski definition) is 1. The van der Waals surface area contributed by atoms with Crippen LogP contribution in [0.3, 0.4) is 0 Å². The van der Waals surface area contributed by atoms with E-state index in [9.17, 15) is 0 Å². The minimum absolute atomic E-state index is 0.00551. The maximum Gasteiger partial charge on any atom is 0.226 e. The third-order valence-corrected chi connectivity index (χ3v) is 2.21. The van der Waals surface area contributed by atoms with Gasteiger partial charge in [-0.15, -0.1) is 0 Å². The van der Waals surface area contributed by atoms with Gasteiger partial charge in [0.05, 0.1) is 6.04 Å². The lowest BCUT2D eigenvalue weighted by Crippen LogP contribution is -2.14. The zero-order chi connectivity index (χ0) is 8.55. The van der Waals surface area contributed by atoms with Crippen molar-refractivity contribution in [2.45, 2.75) is 32.2 Å². The molecule has 12 heavy (non-hydrogen) atoms. The Kier molecular flexibility index (Phi) is 1.84.